The first-order valence-electron chi connectivity index (χ1n) is 8.81. The molecule has 2 aromatic rings. The van der Waals surface area contributed by atoms with Gasteiger partial charge in [0.1, 0.15) is 18.2 Å². The van der Waals surface area contributed by atoms with E-state index in [1.165, 1.54) is 13.8 Å². The summed E-state index contributed by atoms with van der Waals surface area (Å²) >= 11 is 5.84. The summed E-state index contributed by atoms with van der Waals surface area (Å²) in [6.07, 6.45) is -2.34. The highest BCUT2D eigenvalue weighted by Gasteiger charge is 2.37. The maximum Gasteiger partial charge on any atom is 0.270 e. The van der Waals surface area contributed by atoms with Gasteiger partial charge in [-0.15, -0.1) is 0 Å². The summed E-state index contributed by atoms with van der Waals surface area (Å²) in [6.45, 7) is 5.86. The number of aliphatic hydroxyl groups is 2. The second-order valence-electron chi connectivity index (χ2n) is 6.95. The third kappa shape index (κ3) is 5.10. The summed E-state index contributed by atoms with van der Waals surface area (Å²) in [5, 5.41) is 20.0. The predicted molar refractivity (Wildman–Crippen MR) is 106 cm³/mol. The van der Waals surface area contributed by atoms with Gasteiger partial charge in [-0.25, -0.2) is 0 Å². The SMILES string of the molecule is CC(O)N(C(=O)C(C)(C)Oc1ccc(C(=O)c2ccc(Cl)cc2)cc1)C(C)O. The Hall–Kier alpha value is -2.41. The van der Waals surface area contributed by atoms with Crippen LogP contribution in [0.4, 0.5) is 0 Å². The molecule has 2 unspecified atom stereocenters. The van der Waals surface area contributed by atoms with Crippen LogP contribution in [-0.2, 0) is 4.79 Å². The largest absolute Gasteiger partial charge is 0.478 e. The Kier molecular flexibility index (Phi) is 6.82. The van der Waals surface area contributed by atoms with Crippen molar-refractivity contribution in [2.45, 2.75) is 45.8 Å². The van der Waals surface area contributed by atoms with Crippen molar-refractivity contribution in [1.29, 1.82) is 0 Å². The van der Waals surface area contributed by atoms with Gasteiger partial charge in [0, 0.05) is 16.1 Å². The van der Waals surface area contributed by atoms with Crippen LogP contribution in [0.25, 0.3) is 0 Å². The molecule has 2 atom stereocenters. The lowest BCUT2D eigenvalue weighted by molar-refractivity contribution is -0.170. The predicted octanol–water partition coefficient (Wildman–Crippen LogP) is 3.23. The maximum atomic E-state index is 12.7. The van der Waals surface area contributed by atoms with Crippen molar-refractivity contribution in [2.75, 3.05) is 0 Å². The molecule has 0 spiro atoms. The highest BCUT2D eigenvalue weighted by atomic mass is 35.5. The molecule has 0 aliphatic rings. The number of carbonyl (C=O) groups excluding carboxylic acids is 2. The topological polar surface area (TPSA) is 87.1 Å². The van der Waals surface area contributed by atoms with Gasteiger partial charge in [-0.3, -0.25) is 14.5 Å². The van der Waals surface area contributed by atoms with E-state index in [1.54, 1.807) is 62.4 Å². The van der Waals surface area contributed by atoms with E-state index < -0.39 is 24.0 Å². The molecule has 7 heteroatoms. The van der Waals surface area contributed by atoms with Crippen molar-refractivity contribution >= 4 is 23.3 Å². The molecule has 0 saturated carbocycles. The Morgan fingerprint density at radius 3 is 1.79 bits per heavy atom. The third-order valence-corrected chi connectivity index (χ3v) is 4.40. The lowest BCUT2D eigenvalue weighted by atomic mass is 10.0. The van der Waals surface area contributed by atoms with Gasteiger partial charge in [0.2, 0.25) is 0 Å². The van der Waals surface area contributed by atoms with Crippen LogP contribution in [0.1, 0.15) is 43.6 Å². The minimum Gasteiger partial charge on any atom is -0.478 e. The molecule has 0 radical (unpaired) electrons. The van der Waals surface area contributed by atoms with Crippen LogP contribution in [-0.4, -0.2) is 44.9 Å². The number of carbonyl (C=O) groups is 2. The molecular formula is C21H24ClNO5. The summed E-state index contributed by atoms with van der Waals surface area (Å²) in [6, 6.07) is 13.0. The number of benzene rings is 2. The van der Waals surface area contributed by atoms with Crippen LogP contribution in [0, 0.1) is 0 Å². The minimum absolute atomic E-state index is 0.159. The molecule has 6 nitrogen and oxygen atoms in total. The molecule has 0 aliphatic carbocycles. The Morgan fingerprint density at radius 1 is 0.929 bits per heavy atom. The number of hydrogen-bond acceptors (Lipinski definition) is 5. The van der Waals surface area contributed by atoms with Gasteiger partial charge in [0.25, 0.3) is 5.91 Å². The number of ketones is 1. The van der Waals surface area contributed by atoms with Gasteiger partial charge >= 0.3 is 0 Å². The summed E-state index contributed by atoms with van der Waals surface area (Å²) in [4.78, 5) is 26.1. The average molecular weight is 406 g/mol. The fraction of sp³-hybridized carbons (Fsp3) is 0.333. The fourth-order valence-electron chi connectivity index (χ4n) is 2.74. The van der Waals surface area contributed by atoms with Gasteiger partial charge in [-0.05, 0) is 76.2 Å². The number of ether oxygens (including phenoxy) is 1. The number of halogens is 1. The van der Waals surface area contributed by atoms with E-state index in [-0.39, 0.29) is 5.78 Å². The second-order valence-corrected chi connectivity index (χ2v) is 7.39. The normalized spacial score (nSPS) is 13.5. The monoisotopic (exact) mass is 405 g/mol. The fourth-order valence-corrected chi connectivity index (χ4v) is 2.87. The molecule has 0 bridgehead atoms. The molecule has 28 heavy (non-hydrogen) atoms. The zero-order valence-electron chi connectivity index (χ0n) is 16.2. The number of amides is 1. The minimum atomic E-state index is -1.34. The molecular weight excluding hydrogens is 382 g/mol. The van der Waals surface area contributed by atoms with Crippen molar-refractivity contribution in [3.05, 3.63) is 64.7 Å². The Morgan fingerprint density at radius 2 is 1.36 bits per heavy atom. The van der Waals surface area contributed by atoms with E-state index in [0.717, 1.165) is 4.90 Å². The van der Waals surface area contributed by atoms with Crippen molar-refractivity contribution in [3.63, 3.8) is 0 Å². The van der Waals surface area contributed by atoms with E-state index in [1.807, 2.05) is 0 Å². The van der Waals surface area contributed by atoms with Crippen LogP contribution in [0.5, 0.6) is 5.75 Å². The lowest BCUT2D eigenvalue weighted by Crippen LogP contribution is -2.55. The summed E-state index contributed by atoms with van der Waals surface area (Å²) in [5.74, 6) is -0.353. The highest BCUT2D eigenvalue weighted by Crippen LogP contribution is 2.23. The van der Waals surface area contributed by atoms with Crippen LogP contribution in [0.2, 0.25) is 5.02 Å². The second kappa shape index (κ2) is 8.73. The van der Waals surface area contributed by atoms with E-state index in [9.17, 15) is 19.8 Å². The molecule has 1 amide bonds. The molecule has 0 heterocycles. The van der Waals surface area contributed by atoms with Crippen LogP contribution < -0.4 is 4.74 Å². The molecule has 150 valence electrons. The van der Waals surface area contributed by atoms with Crippen molar-refractivity contribution in [2.24, 2.45) is 0 Å². The standard InChI is InChI=1S/C21H24ClNO5/c1-13(24)23(14(2)25)20(27)21(3,4)28-18-11-7-16(8-12-18)19(26)15-5-9-17(22)10-6-15/h5-14,24-25H,1-4H3. The van der Waals surface area contributed by atoms with Crippen LogP contribution in [0.15, 0.2) is 48.5 Å². The molecule has 2 aromatic carbocycles. The van der Waals surface area contributed by atoms with Gasteiger partial charge in [0.15, 0.2) is 11.4 Å². The Labute approximate surface area is 169 Å². The molecule has 2 N–H and O–H groups in total. The van der Waals surface area contributed by atoms with Crippen molar-refractivity contribution < 1.29 is 24.5 Å². The zero-order chi connectivity index (χ0) is 21.1. The summed E-state index contributed by atoms with van der Waals surface area (Å²) in [5.41, 5.74) is -0.359. The van der Waals surface area contributed by atoms with E-state index in [0.29, 0.717) is 21.9 Å². The van der Waals surface area contributed by atoms with E-state index >= 15 is 0 Å². The molecule has 0 aliphatic heterocycles. The Balaban J connectivity index is 2.15. The summed E-state index contributed by atoms with van der Waals surface area (Å²) in [7, 11) is 0. The highest BCUT2D eigenvalue weighted by molar-refractivity contribution is 6.30. The van der Waals surface area contributed by atoms with Gasteiger partial charge in [-0.1, -0.05) is 11.6 Å². The van der Waals surface area contributed by atoms with Crippen molar-refractivity contribution in [3.8, 4) is 5.75 Å². The average Bonchev–Trinajstić information content (AvgIpc) is 2.61. The van der Waals surface area contributed by atoms with E-state index in [2.05, 4.69) is 0 Å². The number of nitrogens with zero attached hydrogens (tertiary/aromatic N) is 1. The van der Waals surface area contributed by atoms with Gasteiger partial charge < -0.3 is 14.9 Å². The van der Waals surface area contributed by atoms with Gasteiger partial charge in [-0.2, -0.15) is 0 Å². The van der Waals surface area contributed by atoms with Gasteiger partial charge in [0.05, 0.1) is 0 Å². The zero-order valence-corrected chi connectivity index (χ0v) is 17.0. The maximum absolute atomic E-state index is 12.7. The first-order chi connectivity index (χ1) is 13.0. The number of aliphatic hydroxyl groups excluding tert-OH is 2. The van der Waals surface area contributed by atoms with E-state index in [4.69, 9.17) is 16.3 Å². The van der Waals surface area contributed by atoms with Crippen LogP contribution in [0.3, 0.4) is 0 Å². The van der Waals surface area contributed by atoms with Crippen molar-refractivity contribution in [1.82, 2.24) is 4.90 Å². The summed E-state index contributed by atoms with van der Waals surface area (Å²) < 4.78 is 5.76. The number of hydrogen-bond donors (Lipinski definition) is 2. The first-order valence-corrected chi connectivity index (χ1v) is 9.19. The molecule has 2 rings (SSSR count). The third-order valence-electron chi connectivity index (χ3n) is 4.15. The lowest BCUT2D eigenvalue weighted by Gasteiger charge is -2.35. The Bertz CT molecular complexity index is 821. The van der Waals surface area contributed by atoms with Crippen LogP contribution >= 0.6 is 11.6 Å². The molecule has 0 aromatic heterocycles. The number of rotatable bonds is 7. The smallest absolute Gasteiger partial charge is 0.270 e. The quantitative estimate of drug-likeness (QED) is 0.545. The first kappa shape index (κ1) is 21.9. The molecule has 0 fully saturated rings. The molecule has 0 saturated heterocycles.